The fourth-order valence-electron chi connectivity index (χ4n) is 1.94. The molecule has 1 aromatic carbocycles. The van der Waals surface area contributed by atoms with E-state index in [1.54, 1.807) is 18.3 Å². The van der Waals surface area contributed by atoms with E-state index in [2.05, 4.69) is 4.98 Å². The number of hydrogen-bond acceptors (Lipinski definition) is 2. The molecule has 4 heteroatoms. The van der Waals surface area contributed by atoms with Crippen LogP contribution in [0, 0.1) is 0 Å². The van der Waals surface area contributed by atoms with Gasteiger partial charge in [0.2, 0.25) is 0 Å². The molecule has 0 atom stereocenters. The molecule has 88 valence electrons. The third-order valence-electron chi connectivity index (χ3n) is 2.86. The van der Waals surface area contributed by atoms with Gasteiger partial charge in [0.25, 0.3) is 0 Å². The van der Waals surface area contributed by atoms with Gasteiger partial charge in [-0.2, -0.15) is 0 Å². The molecule has 4 nitrogen and oxygen atoms in total. The van der Waals surface area contributed by atoms with Gasteiger partial charge in [0.05, 0.1) is 5.52 Å². The molecule has 1 aromatic heterocycles. The van der Waals surface area contributed by atoms with E-state index in [9.17, 15) is 4.79 Å². The summed E-state index contributed by atoms with van der Waals surface area (Å²) in [6.07, 6.45) is 7.37. The zero-order valence-electron chi connectivity index (χ0n) is 9.45. The molecule has 3 rings (SSSR count). The van der Waals surface area contributed by atoms with Crippen LogP contribution in [0.1, 0.15) is 11.1 Å². The number of pyridine rings is 1. The Morgan fingerprint density at radius 1 is 1.17 bits per heavy atom. The molecule has 0 saturated carbocycles. The van der Waals surface area contributed by atoms with Gasteiger partial charge in [-0.1, -0.05) is 6.07 Å². The zero-order valence-corrected chi connectivity index (χ0v) is 9.45. The number of carbonyl (C=O) groups is 1. The first kappa shape index (κ1) is 10.5. The number of aromatic nitrogens is 1. The van der Waals surface area contributed by atoms with Crippen LogP contribution in [-0.4, -0.2) is 21.1 Å². The Morgan fingerprint density at radius 2 is 1.89 bits per heavy atom. The third-order valence-corrected chi connectivity index (χ3v) is 2.86. The highest BCUT2D eigenvalue weighted by molar-refractivity contribution is 5.86. The lowest BCUT2D eigenvalue weighted by atomic mass is 10.0. The van der Waals surface area contributed by atoms with Crippen LogP contribution in [0.15, 0.2) is 42.9 Å². The molecule has 0 radical (unpaired) electrons. The lowest BCUT2D eigenvalue weighted by Crippen LogP contribution is -2.15. The van der Waals surface area contributed by atoms with Crippen LogP contribution in [0.4, 0.5) is 4.79 Å². The van der Waals surface area contributed by atoms with E-state index in [0.29, 0.717) is 0 Å². The van der Waals surface area contributed by atoms with Crippen LogP contribution in [0.25, 0.3) is 23.1 Å². The summed E-state index contributed by atoms with van der Waals surface area (Å²) >= 11 is 0. The van der Waals surface area contributed by atoms with Gasteiger partial charge in [0, 0.05) is 24.0 Å². The number of amides is 1. The molecule has 0 unspecified atom stereocenters. The summed E-state index contributed by atoms with van der Waals surface area (Å²) in [6, 6.07) is 7.83. The van der Waals surface area contributed by atoms with Gasteiger partial charge in [-0.05, 0) is 41.5 Å². The minimum Gasteiger partial charge on any atom is -0.464 e. The molecule has 1 amide bonds. The van der Waals surface area contributed by atoms with E-state index in [-0.39, 0.29) is 0 Å². The number of hydrogen-bond donors (Lipinski definition) is 1. The SMILES string of the molecule is O=C(O)N1C=Cc2cc3cccnc3cc2C=C1. The molecule has 1 aliphatic heterocycles. The molecule has 0 spiro atoms. The Kier molecular flexibility index (Phi) is 2.34. The highest BCUT2D eigenvalue weighted by atomic mass is 16.4. The maximum absolute atomic E-state index is 10.9. The second-order valence-corrected chi connectivity index (χ2v) is 4.00. The first-order valence-electron chi connectivity index (χ1n) is 5.50. The van der Waals surface area contributed by atoms with Crippen LogP contribution < -0.4 is 0 Å². The maximum Gasteiger partial charge on any atom is 0.415 e. The smallest absolute Gasteiger partial charge is 0.415 e. The number of rotatable bonds is 0. The quantitative estimate of drug-likeness (QED) is 0.766. The summed E-state index contributed by atoms with van der Waals surface area (Å²) in [5.74, 6) is 0. The van der Waals surface area contributed by atoms with Gasteiger partial charge >= 0.3 is 6.09 Å². The molecule has 1 aliphatic rings. The molecule has 0 bridgehead atoms. The minimum atomic E-state index is -1.00. The van der Waals surface area contributed by atoms with Crippen LogP contribution in [-0.2, 0) is 0 Å². The van der Waals surface area contributed by atoms with Crippen molar-refractivity contribution in [1.82, 2.24) is 9.88 Å². The number of benzene rings is 1. The van der Waals surface area contributed by atoms with Crippen molar-refractivity contribution in [3.63, 3.8) is 0 Å². The summed E-state index contributed by atoms with van der Waals surface area (Å²) < 4.78 is 0. The van der Waals surface area contributed by atoms with Crippen molar-refractivity contribution in [2.24, 2.45) is 0 Å². The zero-order chi connectivity index (χ0) is 12.5. The van der Waals surface area contributed by atoms with Crippen LogP contribution in [0.5, 0.6) is 0 Å². The fourth-order valence-corrected chi connectivity index (χ4v) is 1.94. The average molecular weight is 238 g/mol. The van der Waals surface area contributed by atoms with Crippen LogP contribution in [0.3, 0.4) is 0 Å². The highest BCUT2D eigenvalue weighted by Crippen LogP contribution is 2.23. The largest absolute Gasteiger partial charge is 0.464 e. The summed E-state index contributed by atoms with van der Waals surface area (Å²) in [4.78, 5) is 16.3. The van der Waals surface area contributed by atoms with E-state index in [4.69, 9.17) is 5.11 Å². The van der Waals surface area contributed by atoms with Crippen molar-refractivity contribution in [2.45, 2.75) is 0 Å². The first-order chi connectivity index (χ1) is 8.74. The van der Waals surface area contributed by atoms with E-state index in [1.807, 2.05) is 24.3 Å². The monoisotopic (exact) mass is 238 g/mol. The Labute approximate surface area is 103 Å². The molecule has 0 saturated heterocycles. The van der Waals surface area contributed by atoms with E-state index < -0.39 is 6.09 Å². The lowest BCUT2D eigenvalue weighted by molar-refractivity contribution is 0.176. The first-order valence-corrected chi connectivity index (χ1v) is 5.50. The fraction of sp³-hybridized carbons (Fsp3) is 0. The maximum atomic E-state index is 10.9. The average Bonchev–Trinajstić information content (AvgIpc) is 2.58. The lowest BCUT2D eigenvalue weighted by Gasteiger charge is -2.05. The molecule has 1 N–H and O–H groups in total. The van der Waals surface area contributed by atoms with Gasteiger partial charge < -0.3 is 5.11 Å². The standard InChI is InChI=1S/C14H10N2O2/c17-14(18)16-6-3-10-8-12-2-1-5-15-13(12)9-11(10)4-7-16/h1-9H,(H,17,18). The Hall–Kier alpha value is -2.62. The van der Waals surface area contributed by atoms with Gasteiger partial charge in [0.15, 0.2) is 0 Å². The van der Waals surface area contributed by atoms with Crippen molar-refractivity contribution >= 4 is 29.1 Å². The minimum absolute atomic E-state index is 0.901. The molecular formula is C14H10N2O2. The van der Waals surface area contributed by atoms with Gasteiger partial charge in [0.1, 0.15) is 0 Å². The van der Waals surface area contributed by atoms with Crippen molar-refractivity contribution in [3.8, 4) is 0 Å². The predicted molar refractivity (Wildman–Crippen MR) is 69.7 cm³/mol. The second kappa shape index (κ2) is 4.00. The summed E-state index contributed by atoms with van der Waals surface area (Å²) in [7, 11) is 0. The number of carboxylic acid groups (broad SMARTS) is 1. The number of nitrogens with zero attached hydrogens (tertiary/aromatic N) is 2. The van der Waals surface area contributed by atoms with Crippen molar-refractivity contribution in [1.29, 1.82) is 0 Å². The topological polar surface area (TPSA) is 53.4 Å². The van der Waals surface area contributed by atoms with E-state index in [1.165, 1.54) is 12.4 Å². The highest BCUT2D eigenvalue weighted by Gasteiger charge is 2.09. The van der Waals surface area contributed by atoms with E-state index in [0.717, 1.165) is 26.9 Å². The third kappa shape index (κ3) is 1.73. The molecular weight excluding hydrogens is 228 g/mol. The molecule has 18 heavy (non-hydrogen) atoms. The van der Waals surface area contributed by atoms with Gasteiger partial charge in [-0.3, -0.25) is 9.88 Å². The molecule has 0 fully saturated rings. The van der Waals surface area contributed by atoms with Crippen LogP contribution in [0.2, 0.25) is 0 Å². The molecule has 2 aromatic rings. The Morgan fingerprint density at radius 3 is 2.61 bits per heavy atom. The Bertz CT molecular complexity index is 637. The molecule has 0 aliphatic carbocycles. The van der Waals surface area contributed by atoms with Crippen LogP contribution >= 0.6 is 0 Å². The normalized spacial score (nSPS) is 13.4. The summed E-state index contributed by atoms with van der Waals surface area (Å²) in [6.45, 7) is 0. The van der Waals surface area contributed by atoms with Crippen molar-refractivity contribution in [2.75, 3.05) is 0 Å². The van der Waals surface area contributed by atoms with Crippen molar-refractivity contribution in [3.05, 3.63) is 54.0 Å². The van der Waals surface area contributed by atoms with Gasteiger partial charge in [-0.25, -0.2) is 4.79 Å². The van der Waals surface area contributed by atoms with Gasteiger partial charge in [-0.15, -0.1) is 0 Å². The predicted octanol–water partition coefficient (Wildman–Crippen LogP) is 3.17. The second-order valence-electron chi connectivity index (χ2n) is 4.00. The summed E-state index contributed by atoms with van der Waals surface area (Å²) in [5, 5.41) is 9.98. The molecule has 2 heterocycles. The number of fused-ring (bicyclic) bond motifs is 2. The Balaban J connectivity index is 2.17. The van der Waals surface area contributed by atoms with E-state index >= 15 is 0 Å². The summed E-state index contributed by atoms with van der Waals surface area (Å²) in [5.41, 5.74) is 2.84. The van der Waals surface area contributed by atoms with Crippen molar-refractivity contribution < 1.29 is 9.90 Å².